The maximum atomic E-state index is 12.7. The van der Waals surface area contributed by atoms with Crippen LogP contribution in [0, 0.1) is 0 Å². The van der Waals surface area contributed by atoms with E-state index < -0.39 is 0 Å². The third-order valence-electron chi connectivity index (χ3n) is 4.77. The molecule has 2 aromatic heterocycles. The monoisotopic (exact) mass is 331 g/mol. The number of rotatable bonds is 6. The van der Waals surface area contributed by atoms with E-state index in [1.165, 1.54) is 11.3 Å². The van der Waals surface area contributed by atoms with Crippen LogP contribution in [0.25, 0.3) is 0 Å². The average molecular weight is 331 g/mol. The van der Waals surface area contributed by atoms with E-state index in [1.54, 1.807) is 6.20 Å². The SMILES string of the molecule is Cn1nccc1CCC(=O)N1CCCCC1CCc1cccs1. The highest BCUT2D eigenvalue weighted by Crippen LogP contribution is 2.23. The number of nitrogens with zero attached hydrogens (tertiary/aromatic N) is 3. The van der Waals surface area contributed by atoms with Gasteiger partial charge in [0.25, 0.3) is 0 Å². The predicted molar refractivity (Wildman–Crippen MR) is 93.5 cm³/mol. The Hall–Kier alpha value is -1.62. The van der Waals surface area contributed by atoms with Gasteiger partial charge in [0.2, 0.25) is 5.91 Å². The average Bonchev–Trinajstić information content (AvgIpc) is 3.22. The number of piperidine rings is 1. The fraction of sp³-hybridized carbons (Fsp3) is 0.556. The van der Waals surface area contributed by atoms with E-state index in [-0.39, 0.29) is 0 Å². The molecule has 1 atom stereocenters. The summed E-state index contributed by atoms with van der Waals surface area (Å²) in [5.74, 6) is 0.307. The molecule has 1 saturated heterocycles. The zero-order valence-corrected chi connectivity index (χ0v) is 14.6. The fourth-order valence-corrected chi connectivity index (χ4v) is 4.14. The first-order valence-electron chi connectivity index (χ1n) is 8.53. The lowest BCUT2D eigenvalue weighted by Crippen LogP contribution is -2.44. The summed E-state index contributed by atoms with van der Waals surface area (Å²) in [7, 11) is 1.94. The number of thiophene rings is 1. The molecule has 124 valence electrons. The third kappa shape index (κ3) is 4.22. The van der Waals surface area contributed by atoms with E-state index in [0.29, 0.717) is 18.4 Å². The smallest absolute Gasteiger partial charge is 0.223 e. The molecule has 0 radical (unpaired) electrons. The highest BCUT2D eigenvalue weighted by atomic mass is 32.1. The summed E-state index contributed by atoms with van der Waals surface area (Å²) >= 11 is 1.82. The van der Waals surface area contributed by atoms with Crippen molar-refractivity contribution in [3.05, 3.63) is 40.3 Å². The van der Waals surface area contributed by atoms with E-state index >= 15 is 0 Å². The Labute approximate surface area is 142 Å². The molecular formula is C18H25N3OS. The molecule has 3 rings (SSSR count). The maximum Gasteiger partial charge on any atom is 0.223 e. The summed E-state index contributed by atoms with van der Waals surface area (Å²) in [4.78, 5) is 16.3. The Kier molecular flexibility index (Phi) is 5.49. The lowest BCUT2D eigenvalue weighted by atomic mass is 9.97. The number of hydrogen-bond acceptors (Lipinski definition) is 3. The van der Waals surface area contributed by atoms with Crippen molar-refractivity contribution in [2.24, 2.45) is 7.05 Å². The molecule has 23 heavy (non-hydrogen) atoms. The van der Waals surface area contributed by atoms with Gasteiger partial charge in [0.1, 0.15) is 0 Å². The van der Waals surface area contributed by atoms with E-state index in [4.69, 9.17) is 0 Å². The molecule has 3 heterocycles. The van der Waals surface area contributed by atoms with Crippen LogP contribution < -0.4 is 0 Å². The van der Waals surface area contributed by atoms with Crippen LogP contribution in [0.15, 0.2) is 29.8 Å². The molecule has 0 aromatic carbocycles. The van der Waals surface area contributed by atoms with E-state index in [9.17, 15) is 4.79 Å². The molecule has 1 aliphatic rings. The molecule has 1 fully saturated rings. The van der Waals surface area contributed by atoms with E-state index in [1.807, 2.05) is 29.1 Å². The summed E-state index contributed by atoms with van der Waals surface area (Å²) in [6.07, 6.45) is 8.91. The van der Waals surface area contributed by atoms with Crippen LogP contribution in [0.5, 0.6) is 0 Å². The summed E-state index contributed by atoms with van der Waals surface area (Å²) in [6.45, 7) is 0.930. The van der Waals surface area contributed by atoms with Gasteiger partial charge in [-0.15, -0.1) is 11.3 Å². The minimum Gasteiger partial charge on any atom is -0.340 e. The topological polar surface area (TPSA) is 38.1 Å². The van der Waals surface area contributed by atoms with Gasteiger partial charge in [0, 0.05) is 42.8 Å². The molecule has 0 bridgehead atoms. The van der Waals surface area contributed by atoms with Crippen molar-refractivity contribution in [2.45, 2.75) is 51.0 Å². The van der Waals surface area contributed by atoms with Gasteiger partial charge in [0.15, 0.2) is 0 Å². The minimum atomic E-state index is 0.307. The second-order valence-corrected chi connectivity index (χ2v) is 7.33. The highest BCUT2D eigenvalue weighted by Gasteiger charge is 2.26. The van der Waals surface area contributed by atoms with Gasteiger partial charge in [-0.05, 0) is 56.0 Å². The van der Waals surface area contributed by atoms with Gasteiger partial charge < -0.3 is 4.90 Å². The molecule has 0 aliphatic carbocycles. The Morgan fingerprint density at radius 2 is 2.26 bits per heavy atom. The zero-order chi connectivity index (χ0) is 16.1. The summed E-state index contributed by atoms with van der Waals surface area (Å²) in [6, 6.07) is 6.72. The number of aryl methyl sites for hydroxylation is 3. The first kappa shape index (κ1) is 16.2. The first-order valence-corrected chi connectivity index (χ1v) is 9.41. The maximum absolute atomic E-state index is 12.7. The van der Waals surface area contributed by atoms with Crippen molar-refractivity contribution >= 4 is 17.2 Å². The normalized spacial score (nSPS) is 18.3. The number of likely N-dealkylation sites (tertiary alicyclic amines) is 1. The van der Waals surface area contributed by atoms with Gasteiger partial charge in [0.05, 0.1) is 0 Å². The van der Waals surface area contributed by atoms with Crippen LogP contribution in [0.3, 0.4) is 0 Å². The lowest BCUT2D eigenvalue weighted by Gasteiger charge is -2.36. The van der Waals surface area contributed by atoms with E-state index in [0.717, 1.165) is 44.3 Å². The van der Waals surface area contributed by atoms with Crippen molar-refractivity contribution in [3.63, 3.8) is 0 Å². The van der Waals surface area contributed by atoms with Crippen molar-refractivity contribution < 1.29 is 4.79 Å². The van der Waals surface area contributed by atoms with Crippen molar-refractivity contribution in [2.75, 3.05) is 6.54 Å². The number of hydrogen-bond donors (Lipinski definition) is 0. The van der Waals surface area contributed by atoms with Gasteiger partial charge in [-0.25, -0.2) is 0 Å². The molecule has 1 aliphatic heterocycles. The van der Waals surface area contributed by atoms with Crippen molar-refractivity contribution in [3.8, 4) is 0 Å². The molecule has 2 aromatic rings. The van der Waals surface area contributed by atoms with Crippen LogP contribution >= 0.6 is 11.3 Å². The van der Waals surface area contributed by atoms with Crippen LogP contribution in [0.1, 0.15) is 42.7 Å². The highest BCUT2D eigenvalue weighted by molar-refractivity contribution is 7.09. The molecule has 4 nitrogen and oxygen atoms in total. The number of carbonyl (C=O) groups is 1. The van der Waals surface area contributed by atoms with Crippen LogP contribution in [0.4, 0.5) is 0 Å². The quantitative estimate of drug-likeness (QED) is 0.813. The minimum absolute atomic E-state index is 0.307. The van der Waals surface area contributed by atoms with Crippen LogP contribution in [-0.4, -0.2) is 33.2 Å². The van der Waals surface area contributed by atoms with Gasteiger partial charge in [-0.3, -0.25) is 9.48 Å². The van der Waals surface area contributed by atoms with Crippen molar-refractivity contribution in [1.29, 1.82) is 0 Å². The Morgan fingerprint density at radius 1 is 1.35 bits per heavy atom. The molecule has 0 N–H and O–H groups in total. The number of amides is 1. The van der Waals surface area contributed by atoms with E-state index in [2.05, 4.69) is 27.5 Å². The molecule has 5 heteroatoms. The Morgan fingerprint density at radius 3 is 3.00 bits per heavy atom. The Bertz CT molecular complexity index is 620. The number of carbonyl (C=O) groups excluding carboxylic acids is 1. The summed E-state index contributed by atoms with van der Waals surface area (Å²) in [5.41, 5.74) is 1.13. The first-order chi connectivity index (χ1) is 11.2. The van der Waals surface area contributed by atoms with Crippen molar-refractivity contribution in [1.82, 2.24) is 14.7 Å². The second-order valence-electron chi connectivity index (χ2n) is 6.30. The fourth-order valence-electron chi connectivity index (χ4n) is 3.42. The van der Waals surface area contributed by atoms with Gasteiger partial charge >= 0.3 is 0 Å². The van der Waals surface area contributed by atoms with Gasteiger partial charge in [-0.2, -0.15) is 5.10 Å². The predicted octanol–water partition coefficient (Wildman–Crippen LogP) is 3.43. The zero-order valence-electron chi connectivity index (χ0n) is 13.8. The van der Waals surface area contributed by atoms with Crippen LogP contribution in [-0.2, 0) is 24.7 Å². The van der Waals surface area contributed by atoms with Gasteiger partial charge in [-0.1, -0.05) is 6.07 Å². The van der Waals surface area contributed by atoms with Crippen LogP contribution in [0.2, 0.25) is 0 Å². The third-order valence-corrected chi connectivity index (χ3v) is 5.71. The largest absolute Gasteiger partial charge is 0.340 e. The summed E-state index contributed by atoms with van der Waals surface area (Å²) in [5, 5.41) is 6.30. The summed E-state index contributed by atoms with van der Waals surface area (Å²) < 4.78 is 1.86. The molecule has 0 saturated carbocycles. The molecule has 0 spiro atoms. The molecule has 1 unspecified atom stereocenters. The standard InChI is InChI=1S/C18H25N3OS/c1-20-15(11-12-19-20)8-10-18(22)21-13-3-2-5-16(21)7-9-17-6-4-14-23-17/h4,6,11-12,14,16H,2-3,5,7-10,13H2,1H3. The second kappa shape index (κ2) is 7.77. The number of aromatic nitrogens is 2. The Balaban J connectivity index is 1.54. The molecular weight excluding hydrogens is 306 g/mol. The molecule has 1 amide bonds. The lowest BCUT2D eigenvalue weighted by molar-refractivity contribution is -0.135.